The molecule has 1 aromatic heterocycles. The maximum Gasteiger partial charge on any atom is 0.253 e. The Balaban J connectivity index is 1.87. The number of aliphatic hydroxyl groups excluding tert-OH is 1. The van der Waals surface area contributed by atoms with Gasteiger partial charge in [0.25, 0.3) is 5.91 Å². The molecule has 6 heteroatoms. The molecular formula is C14H16N2O3S. The number of amides is 1. The smallest absolute Gasteiger partial charge is 0.253 e. The Labute approximate surface area is 121 Å². The molecular weight excluding hydrogens is 276 g/mol. The summed E-state index contributed by atoms with van der Waals surface area (Å²) in [5.74, 6) is 0.185. The Morgan fingerprint density at radius 3 is 3.10 bits per heavy atom. The molecule has 1 aromatic carbocycles. The maximum absolute atomic E-state index is 11.9. The summed E-state index contributed by atoms with van der Waals surface area (Å²) in [5.41, 5.74) is 3.20. The number of ether oxygens (including phenoxy) is 1. The standard InChI is InChI=1S/C14H16N2O3S/c1-19-12-4-2-3-10(7-12)13(17)14(18)15-6-5-11-8-20-9-16-11/h2-4,7-9,13,17H,5-6H2,1H3,(H,15,18). The van der Waals surface area contributed by atoms with E-state index in [0.717, 1.165) is 5.69 Å². The fourth-order valence-corrected chi connectivity index (χ4v) is 2.33. The number of aliphatic hydroxyl groups is 1. The summed E-state index contributed by atoms with van der Waals surface area (Å²) in [5, 5.41) is 14.6. The molecule has 106 valence electrons. The molecule has 0 saturated carbocycles. The molecule has 2 N–H and O–H groups in total. The third-order valence-corrected chi connectivity index (χ3v) is 3.46. The van der Waals surface area contributed by atoms with Crippen LogP contribution in [0.4, 0.5) is 0 Å². The lowest BCUT2D eigenvalue weighted by Crippen LogP contribution is -2.31. The highest BCUT2D eigenvalue weighted by Gasteiger charge is 2.17. The quantitative estimate of drug-likeness (QED) is 0.847. The first kappa shape index (κ1) is 14.5. The summed E-state index contributed by atoms with van der Waals surface area (Å²) < 4.78 is 5.06. The fraction of sp³-hybridized carbons (Fsp3) is 0.286. The summed E-state index contributed by atoms with van der Waals surface area (Å²) >= 11 is 1.52. The van der Waals surface area contributed by atoms with E-state index in [1.54, 1.807) is 36.9 Å². The number of rotatable bonds is 6. The minimum atomic E-state index is -1.19. The molecule has 0 spiro atoms. The number of hydrogen-bond acceptors (Lipinski definition) is 5. The van der Waals surface area contributed by atoms with Crippen LogP contribution in [0.1, 0.15) is 17.4 Å². The van der Waals surface area contributed by atoms with Crippen molar-refractivity contribution >= 4 is 17.2 Å². The van der Waals surface area contributed by atoms with E-state index >= 15 is 0 Å². The summed E-state index contributed by atoms with van der Waals surface area (Å²) in [6.07, 6.45) is -0.541. The third kappa shape index (κ3) is 3.79. The summed E-state index contributed by atoms with van der Waals surface area (Å²) in [6, 6.07) is 6.83. The van der Waals surface area contributed by atoms with Gasteiger partial charge in [-0.3, -0.25) is 4.79 Å². The predicted octanol–water partition coefficient (Wildman–Crippen LogP) is 1.54. The lowest BCUT2D eigenvalue weighted by molar-refractivity contribution is -0.129. The average Bonchev–Trinajstić information content (AvgIpc) is 2.99. The van der Waals surface area contributed by atoms with Crippen molar-refractivity contribution < 1.29 is 14.6 Å². The molecule has 0 aliphatic rings. The van der Waals surface area contributed by atoms with E-state index in [2.05, 4.69) is 10.3 Å². The Kier molecular flexibility index (Phi) is 5.09. The molecule has 1 atom stereocenters. The topological polar surface area (TPSA) is 71.5 Å². The Morgan fingerprint density at radius 1 is 1.55 bits per heavy atom. The number of benzene rings is 1. The number of carbonyl (C=O) groups excluding carboxylic acids is 1. The van der Waals surface area contributed by atoms with Gasteiger partial charge in [0.15, 0.2) is 6.10 Å². The Hall–Kier alpha value is -1.92. The van der Waals surface area contributed by atoms with Crippen molar-refractivity contribution in [3.05, 3.63) is 46.4 Å². The van der Waals surface area contributed by atoms with Crippen LogP contribution in [-0.4, -0.2) is 29.7 Å². The van der Waals surface area contributed by atoms with Crippen molar-refractivity contribution in [3.8, 4) is 5.75 Å². The highest BCUT2D eigenvalue weighted by Crippen LogP contribution is 2.19. The zero-order valence-electron chi connectivity index (χ0n) is 11.1. The molecule has 2 rings (SSSR count). The van der Waals surface area contributed by atoms with Gasteiger partial charge in [-0.15, -0.1) is 11.3 Å². The fourth-order valence-electron chi connectivity index (χ4n) is 1.73. The van der Waals surface area contributed by atoms with Gasteiger partial charge in [-0.1, -0.05) is 12.1 Å². The van der Waals surface area contributed by atoms with Crippen LogP contribution in [-0.2, 0) is 11.2 Å². The second kappa shape index (κ2) is 7.02. The van der Waals surface area contributed by atoms with Crippen LogP contribution >= 0.6 is 11.3 Å². The van der Waals surface area contributed by atoms with E-state index < -0.39 is 12.0 Å². The molecule has 0 bridgehead atoms. The number of nitrogens with zero attached hydrogens (tertiary/aromatic N) is 1. The van der Waals surface area contributed by atoms with Gasteiger partial charge in [0.1, 0.15) is 5.75 Å². The highest BCUT2D eigenvalue weighted by molar-refractivity contribution is 7.07. The minimum Gasteiger partial charge on any atom is -0.497 e. The van der Waals surface area contributed by atoms with Crippen molar-refractivity contribution in [2.75, 3.05) is 13.7 Å². The van der Waals surface area contributed by atoms with Crippen molar-refractivity contribution in [2.45, 2.75) is 12.5 Å². The normalized spacial score (nSPS) is 11.9. The molecule has 20 heavy (non-hydrogen) atoms. The molecule has 0 aliphatic carbocycles. The second-order valence-electron chi connectivity index (χ2n) is 4.20. The van der Waals surface area contributed by atoms with Crippen LogP contribution in [0, 0.1) is 0 Å². The zero-order valence-corrected chi connectivity index (χ0v) is 11.9. The van der Waals surface area contributed by atoms with Gasteiger partial charge >= 0.3 is 0 Å². The van der Waals surface area contributed by atoms with E-state index in [0.29, 0.717) is 24.3 Å². The van der Waals surface area contributed by atoms with E-state index in [9.17, 15) is 9.90 Å². The summed E-state index contributed by atoms with van der Waals surface area (Å²) in [7, 11) is 1.54. The highest BCUT2D eigenvalue weighted by atomic mass is 32.1. The largest absolute Gasteiger partial charge is 0.497 e. The van der Waals surface area contributed by atoms with E-state index in [1.165, 1.54) is 11.3 Å². The lowest BCUT2D eigenvalue weighted by Gasteiger charge is -2.12. The molecule has 1 amide bonds. The van der Waals surface area contributed by atoms with Crippen molar-refractivity contribution in [1.29, 1.82) is 0 Å². The maximum atomic E-state index is 11.9. The van der Waals surface area contributed by atoms with E-state index in [-0.39, 0.29) is 0 Å². The van der Waals surface area contributed by atoms with Crippen LogP contribution < -0.4 is 10.1 Å². The number of aromatic nitrogens is 1. The second-order valence-corrected chi connectivity index (χ2v) is 4.92. The number of nitrogens with one attached hydrogen (secondary N) is 1. The molecule has 0 saturated heterocycles. The van der Waals surface area contributed by atoms with Crippen molar-refractivity contribution in [1.82, 2.24) is 10.3 Å². The van der Waals surface area contributed by atoms with Crippen LogP contribution in [0.25, 0.3) is 0 Å². The van der Waals surface area contributed by atoms with Crippen LogP contribution in [0.3, 0.4) is 0 Å². The minimum absolute atomic E-state index is 0.423. The number of hydrogen-bond donors (Lipinski definition) is 2. The molecule has 0 radical (unpaired) electrons. The molecule has 1 heterocycles. The monoisotopic (exact) mass is 292 g/mol. The third-order valence-electron chi connectivity index (χ3n) is 2.82. The lowest BCUT2D eigenvalue weighted by atomic mass is 10.1. The zero-order chi connectivity index (χ0) is 14.4. The Morgan fingerprint density at radius 2 is 2.40 bits per heavy atom. The van der Waals surface area contributed by atoms with Gasteiger partial charge in [-0.25, -0.2) is 4.98 Å². The predicted molar refractivity (Wildman–Crippen MR) is 76.8 cm³/mol. The molecule has 2 aromatic rings. The average molecular weight is 292 g/mol. The van der Waals surface area contributed by atoms with Crippen molar-refractivity contribution in [2.24, 2.45) is 0 Å². The first-order valence-corrected chi connectivity index (χ1v) is 7.12. The van der Waals surface area contributed by atoms with Crippen LogP contribution in [0.5, 0.6) is 5.75 Å². The molecule has 0 aliphatic heterocycles. The van der Waals surface area contributed by atoms with Gasteiger partial charge in [-0.2, -0.15) is 0 Å². The van der Waals surface area contributed by atoms with Crippen molar-refractivity contribution in [3.63, 3.8) is 0 Å². The summed E-state index contributed by atoms with van der Waals surface area (Å²) in [4.78, 5) is 16.0. The summed E-state index contributed by atoms with van der Waals surface area (Å²) in [6.45, 7) is 0.448. The number of thiazole rings is 1. The first-order valence-electron chi connectivity index (χ1n) is 6.17. The van der Waals surface area contributed by atoms with Gasteiger partial charge in [0, 0.05) is 18.3 Å². The molecule has 5 nitrogen and oxygen atoms in total. The number of methoxy groups -OCH3 is 1. The van der Waals surface area contributed by atoms with Crippen LogP contribution in [0.2, 0.25) is 0 Å². The van der Waals surface area contributed by atoms with Gasteiger partial charge in [-0.05, 0) is 17.7 Å². The SMILES string of the molecule is COc1cccc(C(O)C(=O)NCCc2cscn2)c1. The molecule has 0 fully saturated rings. The van der Waals surface area contributed by atoms with E-state index in [1.807, 2.05) is 5.38 Å². The van der Waals surface area contributed by atoms with Gasteiger partial charge in [0.05, 0.1) is 18.3 Å². The van der Waals surface area contributed by atoms with Gasteiger partial charge in [0.2, 0.25) is 0 Å². The number of carbonyl (C=O) groups is 1. The first-order chi connectivity index (χ1) is 9.70. The van der Waals surface area contributed by atoms with E-state index in [4.69, 9.17) is 4.74 Å². The van der Waals surface area contributed by atoms with Crippen LogP contribution in [0.15, 0.2) is 35.2 Å². The Bertz CT molecular complexity index is 557. The molecule has 1 unspecified atom stereocenters. The van der Waals surface area contributed by atoms with Gasteiger partial charge < -0.3 is 15.2 Å².